The molecule has 0 radical (unpaired) electrons. The van der Waals surface area contributed by atoms with Gasteiger partial charge in [-0.15, -0.1) is 0 Å². The zero-order valence-electron chi connectivity index (χ0n) is 9.77. The maximum Gasteiger partial charge on any atom is 0.225 e. The van der Waals surface area contributed by atoms with E-state index in [1.165, 1.54) is 0 Å². The van der Waals surface area contributed by atoms with Gasteiger partial charge in [-0.25, -0.2) is 4.21 Å². The van der Waals surface area contributed by atoms with Gasteiger partial charge in [0, 0.05) is 19.0 Å². The minimum Gasteiger partial charge on any atom is -0.334 e. The third kappa shape index (κ3) is 2.53. The third-order valence-corrected chi connectivity index (χ3v) is 4.05. The lowest BCUT2D eigenvalue weighted by molar-refractivity contribution is -0.135. The summed E-state index contributed by atoms with van der Waals surface area (Å²) in [7, 11) is 4.06. The molecule has 3 nitrogen and oxygen atoms in total. The summed E-state index contributed by atoms with van der Waals surface area (Å²) in [6, 6.07) is 5.48. The van der Waals surface area contributed by atoms with Crippen LogP contribution in [0.5, 0.6) is 0 Å². The van der Waals surface area contributed by atoms with E-state index in [1.807, 2.05) is 30.9 Å². The molecule has 1 aromatic carbocycles. The van der Waals surface area contributed by atoms with Crippen molar-refractivity contribution in [3.05, 3.63) is 29.3 Å². The zero-order chi connectivity index (χ0) is 12.6. The van der Waals surface area contributed by atoms with Gasteiger partial charge in [-0.3, -0.25) is 4.79 Å². The molecule has 5 heteroatoms. The molecule has 0 N–H and O–H groups in total. The molecule has 1 heterocycles. The van der Waals surface area contributed by atoms with Crippen molar-refractivity contribution in [2.24, 2.45) is 5.92 Å². The van der Waals surface area contributed by atoms with Crippen LogP contribution in [0.1, 0.15) is 25.0 Å². The molecule has 0 fully saturated rings. The minimum absolute atomic E-state index is 0.00550. The highest BCUT2D eigenvalue weighted by molar-refractivity contribution is 8.08. The molecule has 1 aliphatic rings. The number of carbonyl (C=O) groups is 1. The molecule has 2 rings (SSSR count). The highest BCUT2D eigenvalue weighted by Crippen LogP contribution is 2.26. The Morgan fingerprint density at radius 1 is 1.35 bits per heavy atom. The number of carbonyl (C=O) groups excluding carboxylic acids is 1. The van der Waals surface area contributed by atoms with E-state index in [1.54, 1.807) is 6.07 Å². The van der Waals surface area contributed by atoms with Crippen LogP contribution in [0.3, 0.4) is 0 Å². The van der Waals surface area contributed by atoms with Gasteiger partial charge in [0.2, 0.25) is 5.91 Å². The number of nitrogens with zero attached hydrogens (tertiary/aromatic N) is 1. The molecule has 1 atom stereocenters. The van der Waals surface area contributed by atoms with Crippen LogP contribution in [-0.4, -0.2) is 15.0 Å². The van der Waals surface area contributed by atoms with Gasteiger partial charge in [-0.1, -0.05) is 19.9 Å². The quantitative estimate of drug-likeness (QED) is 0.775. The lowest BCUT2D eigenvalue weighted by Crippen LogP contribution is -2.29. The number of halogens is 1. The lowest BCUT2D eigenvalue weighted by Gasteiger charge is -2.17. The fourth-order valence-electron chi connectivity index (χ4n) is 1.99. The number of benzene rings is 1. The second-order valence-corrected chi connectivity index (χ2v) is 6.26. The Hall–Kier alpha value is -0.870. The maximum atomic E-state index is 11.9. The monoisotopic (exact) mass is 271 g/mol. The van der Waals surface area contributed by atoms with E-state index in [0.717, 1.165) is 11.1 Å². The van der Waals surface area contributed by atoms with Crippen molar-refractivity contribution < 1.29 is 9.00 Å². The van der Waals surface area contributed by atoms with E-state index < -0.39 is 10.0 Å². The second-order valence-electron chi connectivity index (χ2n) is 4.50. The number of rotatable bonds is 2. The Morgan fingerprint density at radius 3 is 2.59 bits per heavy atom. The number of hydrogen-bond donors (Lipinski definition) is 0. The van der Waals surface area contributed by atoms with Crippen LogP contribution in [-0.2, 0) is 27.9 Å². The molecule has 1 unspecified atom stereocenters. The van der Waals surface area contributed by atoms with Crippen LogP contribution < -0.4 is 0 Å². The van der Waals surface area contributed by atoms with Crippen molar-refractivity contribution in [3.63, 3.8) is 0 Å². The van der Waals surface area contributed by atoms with Gasteiger partial charge >= 0.3 is 0 Å². The number of hydrogen-bond acceptors (Lipinski definition) is 2. The average molecular weight is 272 g/mol. The zero-order valence-corrected chi connectivity index (χ0v) is 11.3. The van der Waals surface area contributed by atoms with Gasteiger partial charge in [0.05, 0.1) is 4.90 Å². The first-order chi connectivity index (χ1) is 7.99. The minimum atomic E-state index is -1.48. The first-order valence-corrected chi connectivity index (χ1v) is 7.45. The van der Waals surface area contributed by atoms with Gasteiger partial charge < -0.3 is 4.90 Å². The summed E-state index contributed by atoms with van der Waals surface area (Å²) in [6.07, 6.45) is 0. The number of amides is 1. The second kappa shape index (κ2) is 4.78. The van der Waals surface area contributed by atoms with Crippen molar-refractivity contribution in [2.45, 2.75) is 31.8 Å². The van der Waals surface area contributed by atoms with E-state index in [0.29, 0.717) is 18.0 Å². The van der Waals surface area contributed by atoms with Crippen molar-refractivity contribution in [3.8, 4) is 0 Å². The summed E-state index contributed by atoms with van der Waals surface area (Å²) in [5.74, 6) is 0.153. The summed E-state index contributed by atoms with van der Waals surface area (Å²) in [5.41, 5.74) is 2.16. The summed E-state index contributed by atoms with van der Waals surface area (Å²) < 4.78 is 11.2. The normalized spacial score (nSPS) is 16.1. The van der Waals surface area contributed by atoms with Crippen LogP contribution in [0.25, 0.3) is 0 Å². The van der Waals surface area contributed by atoms with Crippen molar-refractivity contribution in [2.75, 3.05) is 0 Å². The third-order valence-electron chi connectivity index (χ3n) is 2.89. The van der Waals surface area contributed by atoms with Gasteiger partial charge in [-0.05, 0) is 33.9 Å². The van der Waals surface area contributed by atoms with Gasteiger partial charge in [0.25, 0.3) is 0 Å². The van der Waals surface area contributed by atoms with Crippen LogP contribution in [0.2, 0.25) is 0 Å². The predicted octanol–water partition coefficient (Wildman–Crippen LogP) is 2.45. The van der Waals surface area contributed by atoms with Crippen LogP contribution in [0.15, 0.2) is 23.1 Å². The maximum absolute atomic E-state index is 11.9. The van der Waals surface area contributed by atoms with E-state index >= 15 is 0 Å². The Balaban J connectivity index is 2.22. The molecule has 0 aliphatic carbocycles. The summed E-state index contributed by atoms with van der Waals surface area (Å²) >= 11 is 0. The first kappa shape index (κ1) is 12.6. The SMILES string of the molecule is CC(C)C(=O)N1Cc2ccc(S(=O)Cl)cc2C1. The standard InChI is InChI=1S/C12H14ClNO2S/c1-8(2)12(15)14-6-9-3-4-11(17(13)16)5-10(9)7-14/h3-5,8H,6-7H2,1-2H3. The largest absolute Gasteiger partial charge is 0.334 e. The summed E-state index contributed by atoms with van der Waals surface area (Å²) in [5, 5.41) is 0. The van der Waals surface area contributed by atoms with Crippen LogP contribution in [0.4, 0.5) is 0 Å². The Bertz CT molecular complexity index is 487. The highest BCUT2D eigenvalue weighted by Gasteiger charge is 2.25. The fraction of sp³-hybridized carbons (Fsp3) is 0.417. The molecule has 1 amide bonds. The van der Waals surface area contributed by atoms with Gasteiger partial charge in [-0.2, -0.15) is 0 Å². The molecular formula is C12H14ClNO2S. The van der Waals surface area contributed by atoms with Crippen molar-refractivity contribution in [1.29, 1.82) is 0 Å². The number of fused-ring (bicyclic) bond motifs is 1. The van der Waals surface area contributed by atoms with E-state index in [4.69, 9.17) is 10.7 Å². The fourth-order valence-corrected chi connectivity index (χ4v) is 2.69. The van der Waals surface area contributed by atoms with Gasteiger partial charge in [0.15, 0.2) is 0 Å². The van der Waals surface area contributed by atoms with Crippen LogP contribution in [0, 0.1) is 5.92 Å². The molecule has 0 aromatic heterocycles. The molecule has 0 spiro atoms. The van der Waals surface area contributed by atoms with Crippen LogP contribution >= 0.6 is 10.7 Å². The Morgan fingerprint density at radius 2 is 2.00 bits per heavy atom. The molecule has 17 heavy (non-hydrogen) atoms. The molecule has 0 saturated carbocycles. The highest BCUT2D eigenvalue weighted by atomic mass is 35.7. The summed E-state index contributed by atoms with van der Waals surface area (Å²) in [6.45, 7) is 5.02. The van der Waals surface area contributed by atoms with E-state index in [-0.39, 0.29) is 11.8 Å². The molecule has 0 saturated heterocycles. The summed E-state index contributed by atoms with van der Waals surface area (Å²) in [4.78, 5) is 14.3. The van der Waals surface area contributed by atoms with E-state index in [2.05, 4.69) is 0 Å². The molecular weight excluding hydrogens is 258 g/mol. The topological polar surface area (TPSA) is 37.4 Å². The first-order valence-electron chi connectivity index (χ1n) is 5.47. The molecule has 1 aliphatic heterocycles. The molecule has 0 bridgehead atoms. The van der Waals surface area contributed by atoms with Crippen molar-refractivity contribution >= 4 is 26.6 Å². The van der Waals surface area contributed by atoms with E-state index in [9.17, 15) is 9.00 Å². The smallest absolute Gasteiger partial charge is 0.225 e. The Kier molecular flexibility index (Phi) is 3.54. The average Bonchev–Trinajstić information content (AvgIpc) is 2.69. The lowest BCUT2D eigenvalue weighted by atomic mass is 10.1. The molecule has 92 valence electrons. The predicted molar refractivity (Wildman–Crippen MR) is 67.8 cm³/mol. The van der Waals surface area contributed by atoms with Crippen molar-refractivity contribution in [1.82, 2.24) is 4.90 Å². The Labute approximate surface area is 108 Å². The van der Waals surface area contributed by atoms with Gasteiger partial charge in [0.1, 0.15) is 10.0 Å². The molecule has 1 aromatic rings.